The Morgan fingerprint density at radius 2 is 1.91 bits per heavy atom. The van der Waals surface area contributed by atoms with Crippen LogP contribution in [0.5, 0.6) is 0 Å². The Hall–Kier alpha value is -2.16. The molecule has 3 heteroatoms. The molecule has 2 aromatic carbocycles. The van der Waals surface area contributed by atoms with Crippen LogP contribution >= 0.6 is 0 Å². The zero-order valence-electron chi connectivity index (χ0n) is 13.3. The number of Topliss-reactive ketones (excluding diaryl/α,β-unsaturated/α-hetero) is 1. The molecule has 22 heavy (non-hydrogen) atoms. The van der Waals surface area contributed by atoms with Gasteiger partial charge in [-0.05, 0) is 42.2 Å². The van der Waals surface area contributed by atoms with Crippen LogP contribution in [0.3, 0.4) is 0 Å². The van der Waals surface area contributed by atoms with Crippen molar-refractivity contribution in [3.8, 4) is 0 Å². The minimum absolute atomic E-state index is 0.0484. The van der Waals surface area contributed by atoms with Gasteiger partial charge in [0, 0.05) is 13.1 Å². The molecular weight excluding hydrogens is 274 g/mol. The van der Waals surface area contributed by atoms with Crippen LogP contribution in [0.1, 0.15) is 38.3 Å². The molecule has 1 atom stereocenters. The van der Waals surface area contributed by atoms with Gasteiger partial charge in [0.25, 0.3) is 0 Å². The maximum absolute atomic E-state index is 13.0. The van der Waals surface area contributed by atoms with Crippen molar-refractivity contribution in [2.24, 2.45) is 0 Å². The van der Waals surface area contributed by atoms with E-state index in [9.17, 15) is 9.59 Å². The van der Waals surface area contributed by atoms with E-state index < -0.39 is 5.41 Å². The average Bonchev–Trinajstić information content (AvgIpc) is 2.54. The highest BCUT2D eigenvalue weighted by Gasteiger charge is 2.49. The number of likely N-dealkylation sites (N-methyl/N-ethyl adjacent to an activating group) is 1. The van der Waals surface area contributed by atoms with Gasteiger partial charge >= 0.3 is 0 Å². The molecule has 3 nitrogen and oxygen atoms in total. The molecule has 0 aliphatic carbocycles. The number of amides is 1. The highest BCUT2D eigenvalue weighted by molar-refractivity contribution is 6.13. The van der Waals surface area contributed by atoms with Crippen molar-refractivity contribution in [1.29, 1.82) is 0 Å². The second kappa shape index (κ2) is 5.24. The van der Waals surface area contributed by atoms with Gasteiger partial charge in [0.2, 0.25) is 5.91 Å². The zero-order chi connectivity index (χ0) is 15.9. The van der Waals surface area contributed by atoms with E-state index in [1.54, 1.807) is 11.8 Å². The molecule has 0 saturated carbocycles. The molecule has 1 aliphatic heterocycles. The first-order valence-corrected chi connectivity index (χ1v) is 7.87. The Morgan fingerprint density at radius 1 is 1.18 bits per heavy atom. The lowest BCUT2D eigenvalue weighted by atomic mass is 9.69. The lowest BCUT2D eigenvalue weighted by Crippen LogP contribution is -2.54. The van der Waals surface area contributed by atoms with Gasteiger partial charge in [-0.2, -0.15) is 0 Å². The SMILES string of the molecule is CCN1Cc2c(ccc3ccccc23)C(CC)(C(C)=O)C1=O. The quantitative estimate of drug-likeness (QED) is 0.813. The fraction of sp³-hybridized carbons (Fsp3) is 0.368. The third-order valence-corrected chi connectivity index (χ3v) is 5.01. The summed E-state index contributed by atoms with van der Waals surface area (Å²) in [7, 11) is 0. The highest BCUT2D eigenvalue weighted by Crippen LogP contribution is 2.41. The fourth-order valence-electron chi connectivity index (χ4n) is 3.74. The van der Waals surface area contributed by atoms with E-state index in [0.29, 0.717) is 19.5 Å². The molecule has 1 unspecified atom stereocenters. The largest absolute Gasteiger partial charge is 0.337 e. The van der Waals surface area contributed by atoms with E-state index in [1.807, 2.05) is 38.1 Å². The average molecular weight is 295 g/mol. The molecule has 0 aromatic heterocycles. The summed E-state index contributed by atoms with van der Waals surface area (Å²) in [6.45, 7) is 6.64. The van der Waals surface area contributed by atoms with Gasteiger partial charge in [0.1, 0.15) is 11.2 Å². The Kier molecular flexibility index (Phi) is 3.51. The maximum Gasteiger partial charge on any atom is 0.241 e. The van der Waals surface area contributed by atoms with Crippen molar-refractivity contribution in [3.63, 3.8) is 0 Å². The summed E-state index contributed by atoms with van der Waals surface area (Å²) >= 11 is 0. The Morgan fingerprint density at radius 3 is 2.55 bits per heavy atom. The van der Waals surface area contributed by atoms with Crippen molar-refractivity contribution >= 4 is 22.5 Å². The summed E-state index contributed by atoms with van der Waals surface area (Å²) in [5.41, 5.74) is 1.00. The van der Waals surface area contributed by atoms with Gasteiger partial charge in [-0.15, -0.1) is 0 Å². The van der Waals surface area contributed by atoms with Crippen molar-refractivity contribution in [2.75, 3.05) is 6.54 Å². The number of fused-ring (bicyclic) bond motifs is 3. The highest BCUT2D eigenvalue weighted by atomic mass is 16.2. The number of hydrogen-bond acceptors (Lipinski definition) is 2. The summed E-state index contributed by atoms with van der Waals surface area (Å²) in [5, 5.41) is 2.30. The molecule has 0 fully saturated rings. The Bertz CT molecular complexity index is 765. The zero-order valence-corrected chi connectivity index (χ0v) is 13.3. The third-order valence-electron chi connectivity index (χ3n) is 5.01. The van der Waals surface area contributed by atoms with Crippen LogP contribution in [0.4, 0.5) is 0 Å². The standard InChI is InChI=1S/C19H21NO2/c1-4-19(13(3)21)17-11-10-14-8-6-7-9-15(14)16(17)12-20(5-2)18(19)22/h6-11H,4-5,12H2,1-3H3. The summed E-state index contributed by atoms with van der Waals surface area (Å²) in [6.07, 6.45) is 0.503. The van der Waals surface area contributed by atoms with Crippen LogP contribution in [0, 0.1) is 0 Å². The predicted molar refractivity (Wildman–Crippen MR) is 87.7 cm³/mol. The van der Waals surface area contributed by atoms with E-state index in [4.69, 9.17) is 0 Å². The fourth-order valence-corrected chi connectivity index (χ4v) is 3.74. The Balaban J connectivity index is 2.38. The van der Waals surface area contributed by atoms with Crippen molar-refractivity contribution < 1.29 is 9.59 Å². The van der Waals surface area contributed by atoms with Gasteiger partial charge in [-0.3, -0.25) is 9.59 Å². The molecule has 0 N–H and O–H groups in total. The third kappa shape index (κ3) is 1.81. The van der Waals surface area contributed by atoms with Gasteiger partial charge in [0.05, 0.1) is 0 Å². The van der Waals surface area contributed by atoms with E-state index >= 15 is 0 Å². The molecule has 1 amide bonds. The van der Waals surface area contributed by atoms with Crippen LogP contribution in [0.2, 0.25) is 0 Å². The first-order chi connectivity index (χ1) is 10.6. The van der Waals surface area contributed by atoms with Crippen LogP contribution in [0.15, 0.2) is 36.4 Å². The van der Waals surface area contributed by atoms with Gasteiger partial charge in [0.15, 0.2) is 0 Å². The van der Waals surface area contributed by atoms with Gasteiger partial charge in [-0.25, -0.2) is 0 Å². The molecule has 1 heterocycles. The molecule has 1 aliphatic rings. The lowest BCUT2D eigenvalue weighted by molar-refractivity contribution is -0.145. The molecule has 0 radical (unpaired) electrons. The summed E-state index contributed by atoms with van der Waals surface area (Å²) in [6, 6.07) is 12.2. The van der Waals surface area contributed by atoms with E-state index in [0.717, 1.165) is 21.9 Å². The van der Waals surface area contributed by atoms with Crippen LogP contribution in [0.25, 0.3) is 10.8 Å². The van der Waals surface area contributed by atoms with E-state index in [2.05, 4.69) is 12.1 Å². The number of rotatable bonds is 3. The molecule has 3 rings (SSSR count). The minimum Gasteiger partial charge on any atom is -0.337 e. The molecule has 114 valence electrons. The first-order valence-electron chi connectivity index (χ1n) is 7.87. The summed E-state index contributed by atoms with van der Waals surface area (Å²) < 4.78 is 0. The van der Waals surface area contributed by atoms with Crippen molar-refractivity contribution in [2.45, 2.75) is 39.2 Å². The minimum atomic E-state index is -1.02. The van der Waals surface area contributed by atoms with Crippen LogP contribution in [-0.4, -0.2) is 23.1 Å². The van der Waals surface area contributed by atoms with Gasteiger partial charge in [-0.1, -0.05) is 43.3 Å². The first kappa shape index (κ1) is 14.8. The molecule has 0 bridgehead atoms. The van der Waals surface area contributed by atoms with Gasteiger partial charge < -0.3 is 4.90 Å². The maximum atomic E-state index is 13.0. The topological polar surface area (TPSA) is 37.4 Å². The summed E-state index contributed by atoms with van der Waals surface area (Å²) in [5.74, 6) is -0.109. The van der Waals surface area contributed by atoms with E-state index in [1.165, 1.54) is 0 Å². The normalized spacial score (nSPS) is 21.0. The molecule has 0 saturated heterocycles. The Labute approximate surface area is 130 Å². The van der Waals surface area contributed by atoms with Crippen LogP contribution < -0.4 is 0 Å². The monoisotopic (exact) mass is 295 g/mol. The number of ketones is 1. The summed E-state index contributed by atoms with van der Waals surface area (Å²) in [4.78, 5) is 27.2. The van der Waals surface area contributed by atoms with Crippen LogP contribution in [-0.2, 0) is 21.5 Å². The van der Waals surface area contributed by atoms with Crippen molar-refractivity contribution in [1.82, 2.24) is 4.90 Å². The second-order valence-electron chi connectivity index (χ2n) is 5.95. The number of carbonyl (C=O) groups is 2. The molecular formula is C19H21NO2. The number of hydrogen-bond donors (Lipinski definition) is 0. The predicted octanol–water partition coefficient (Wildman–Crippen LogP) is 3.44. The number of carbonyl (C=O) groups excluding carboxylic acids is 2. The molecule has 2 aromatic rings. The number of benzene rings is 2. The molecule has 0 spiro atoms. The van der Waals surface area contributed by atoms with E-state index in [-0.39, 0.29) is 11.7 Å². The lowest BCUT2D eigenvalue weighted by Gasteiger charge is -2.41. The van der Waals surface area contributed by atoms with Crippen molar-refractivity contribution in [3.05, 3.63) is 47.5 Å². The second-order valence-corrected chi connectivity index (χ2v) is 5.95. The number of nitrogens with zero attached hydrogens (tertiary/aromatic N) is 1. The smallest absolute Gasteiger partial charge is 0.241 e.